The predicted molar refractivity (Wildman–Crippen MR) is 70.3 cm³/mol. The molecule has 2 nitrogen and oxygen atoms in total. The van der Waals surface area contributed by atoms with Crippen molar-refractivity contribution >= 4 is 0 Å². The van der Waals surface area contributed by atoms with Gasteiger partial charge in [0.2, 0.25) is 0 Å². The van der Waals surface area contributed by atoms with E-state index in [1.165, 1.54) is 18.2 Å². The summed E-state index contributed by atoms with van der Waals surface area (Å²) in [7, 11) is 1.62. The Morgan fingerprint density at radius 1 is 1.00 bits per heavy atom. The van der Waals surface area contributed by atoms with Crippen LogP contribution in [0.4, 0.5) is 17.6 Å². The van der Waals surface area contributed by atoms with Crippen molar-refractivity contribution < 1.29 is 22.3 Å². The number of alkyl halides is 2. The molecule has 2 aromatic rings. The SMILES string of the molecule is CNC(c1ccc(OC(F)F)cc1)c1ccc(F)cc1F. The van der Waals surface area contributed by atoms with Crippen molar-refractivity contribution in [3.8, 4) is 5.75 Å². The highest BCUT2D eigenvalue weighted by atomic mass is 19.3. The highest BCUT2D eigenvalue weighted by Crippen LogP contribution is 2.26. The van der Waals surface area contributed by atoms with Crippen LogP contribution in [0.2, 0.25) is 0 Å². The van der Waals surface area contributed by atoms with E-state index in [0.29, 0.717) is 5.56 Å². The van der Waals surface area contributed by atoms with Crippen LogP contribution in [0.1, 0.15) is 17.2 Å². The van der Waals surface area contributed by atoms with Crippen LogP contribution in [-0.4, -0.2) is 13.7 Å². The van der Waals surface area contributed by atoms with E-state index in [9.17, 15) is 17.6 Å². The average Bonchev–Trinajstić information content (AvgIpc) is 2.43. The molecule has 0 aliphatic carbocycles. The third-order valence-electron chi connectivity index (χ3n) is 3.00. The van der Waals surface area contributed by atoms with Gasteiger partial charge in [-0.2, -0.15) is 8.78 Å². The van der Waals surface area contributed by atoms with Gasteiger partial charge in [0.05, 0.1) is 6.04 Å². The van der Waals surface area contributed by atoms with Gasteiger partial charge in [0.1, 0.15) is 17.4 Å². The van der Waals surface area contributed by atoms with Crippen molar-refractivity contribution in [3.63, 3.8) is 0 Å². The molecule has 21 heavy (non-hydrogen) atoms. The molecule has 1 unspecified atom stereocenters. The van der Waals surface area contributed by atoms with E-state index in [1.54, 1.807) is 19.2 Å². The first-order chi connectivity index (χ1) is 10.0. The van der Waals surface area contributed by atoms with Crippen LogP contribution in [-0.2, 0) is 0 Å². The molecule has 0 spiro atoms. The molecule has 0 aliphatic rings. The lowest BCUT2D eigenvalue weighted by atomic mass is 9.98. The lowest BCUT2D eigenvalue weighted by molar-refractivity contribution is -0.0498. The van der Waals surface area contributed by atoms with Crippen molar-refractivity contribution in [2.24, 2.45) is 0 Å². The Bertz CT molecular complexity index is 601. The summed E-state index contributed by atoms with van der Waals surface area (Å²) >= 11 is 0. The highest BCUT2D eigenvalue weighted by molar-refractivity contribution is 5.36. The fraction of sp³-hybridized carbons (Fsp3) is 0.200. The summed E-state index contributed by atoms with van der Waals surface area (Å²) in [6.07, 6.45) is 0. The zero-order valence-electron chi connectivity index (χ0n) is 11.1. The molecule has 2 aromatic carbocycles. The van der Waals surface area contributed by atoms with Crippen LogP contribution in [0.3, 0.4) is 0 Å². The molecular formula is C15H13F4NO. The van der Waals surface area contributed by atoms with Gasteiger partial charge in [0.15, 0.2) is 0 Å². The van der Waals surface area contributed by atoms with Crippen LogP contribution in [0.5, 0.6) is 5.75 Å². The van der Waals surface area contributed by atoms with Crippen molar-refractivity contribution in [1.29, 1.82) is 0 Å². The summed E-state index contributed by atoms with van der Waals surface area (Å²) in [6, 6.07) is 8.61. The molecule has 0 aliphatic heterocycles. The molecule has 2 rings (SSSR count). The van der Waals surface area contributed by atoms with E-state index < -0.39 is 24.3 Å². The standard InChI is InChI=1S/C15H13F4NO/c1-20-14(12-7-4-10(16)8-13(12)17)9-2-5-11(6-3-9)21-15(18)19/h2-8,14-15,20H,1H3. The molecule has 0 fully saturated rings. The maximum Gasteiger partial charge on any atom is 0.387 e. The maximum absolute atomic E-state index is 13.8. The summed E-state index contributed by atoms with van der Waals surface area (Å²) in [5.41, 5.74) is 0.908. The van der Waals surface area contributed by atoms with Gasteiger partial charge < -0.3 is 10.1 Å². The van der Waals surface area contributed by atoms with Crippen molar-refractivity contribution in [2.45, 2.75) is 12.7 Å². The van der Waals surface area contributed by atoms with Gasteiger partial charge in [0.25, 0.3) is 0 Å². The van der Waals surface area contributed by atoms with E-state index in [0.717, 1.165) is 12.1 Å². The number of rotatable bonds is 5. The molecule has 112 valence electrons. The third-order valence-corrected chi connectivity index (χ3v) is 3.00. The molecule has 0 bridgehead atoms. The van der Waals surface area contributed by atoms with Gasteiger partial charge in [-0.05, 0) is 30.8 Å². The average molecular weight is 299 g/mol. The summed E-state index contributed by atoms with van der Waals surface area (Å²) in [5.74, 6) is -1.32. The van der Waals surface area contributed by atoms with Crippen molar-refractivity contribution in [3.05, 3.63) is 65.2 Å². The summed E-state index contributed by atoms with van der Waals surface area (Å²) in [4.78, 5) is 0. The largest absolute Gasteiger partial charge is 0.435 e. The lowest BCUT2D eigenvalue weighted by Crippen LogP contribution is -2.19. The Hall–Kier alpha value is -2.08. The van der Waals surface area contributed by atoms with E-state index in [1.807, 2.05) is 0 Å². The smallest absolute Gasteiger partial charge is 0.387 e. The number of benzene rings is 2. The molecule has 0 amide bonds. The second-order valence-corrected chi connectivity index (χ2v) is 4.34. The summed E-state index contributed by atoms with van der Waals surface area (Å²) < 4.78 is 55.2. The van der Waals surface area contributed by atoms with Gasteiger partial charge in [0, 0.05) is 11.6 Å². The van der Waals surface area contributed by atoms with Crippen molar-refractivity contribution in [2.75, 3.05) is 7.05 Å². The number of hydrogen-bond donors (Lipinski definition) is 1. The molecule has 1 N–H and O–H groups in total. The van der Waals surface area contributed by atoms with Crippen LogP contribution in [0, 0.1) is 11.6 Å². The Labute approximate surface area is 119 Å². The van der Waals surface area contributed by atoms with E-state index in [2.05, 4.69) is 10.1 Å². The first-order valence-electron chi connectivity index (χ1n) is 6.18. The van der Waals surface area contributed by atoms with Gasteiger partial charge in [-0.1, -0.05) is 18.2 Å². The quantitative estimate of drug-likeness (QED) is 0.846. The van der Waals surface area contributed by atoms with Gasteiger partial charge in [-0.3, -0.25) is 0 Å². The first kappa shape index (κ1) is 15.3. The summed E-state index contributed by atoms with van der Waals surface area (Å²) in [5, 5.41) is 2.90. The third kappa shape index (κ3) is 3.72. The molecule has 0 radical (unpaired) electrons. The van der Waals surface area contributed by atoms with Crippen LogP contribution in [0.15, 0.2) is 42.5 Å². The van der Waals surface area contributed by atoms with E-state index in [-0.39, 0.29) is 11.3 Å². The number of ether oxygens (including phenoxy) is 1. The molecule has 6 heteroatoms. The lowest BCUT2D eigenvalue weighted by Gasteiger charge is -2.18. The molecule has 1 atom stereocenters. The van der Waals surface area contributed by atoms with Crippen LogP contribution < -0.4 is 10.1 Å². The monoisotopic (exact) mass is 299 g/mol. The van der Waals surface area contributed by atoms with Crippen LogP contribution in [0.25, 0.3) is 0 Å². The molecule has 0 heterocycles. The molecule has 0 saturated heterocycles. The number of hydrogen-bond acceptors (Lipinski definition) is 2. The topological polar surface area (TPSA) is 21.3 Å². The minimum Gasteiger partial charge on any atom is -0.435 e. The zero-order valence-corrected chi connectivity index (χ0v) is 11.1. The summed E-state index contributed by atoms with van der Waals surface area (Å²) in [6.45, 7) is -2.90. The minimum atomic E-state index is -2.90. The van der Waals surface area contributed by atoms with E-state index in [4.69, 9.17) is 0 Å². The molecular weight excluding hydrogens is 286 g/mol. The Balaban J connectivity index is 2.28. The fourth-order valence-corrected chi connectivity index (χ4v) is 2.08. The van der Waals surface area contributed by atoms with Crippen molar-refractivity contribution in [1.82, 2.24) is 5.32 Å². The molecule has 0 aromatic heterocycles. The second kappa shape index (κ2) is 6.58. The maximum atomic E-state index is 13.8. The zero-order chi connectivity index (χ0) is 15.4. The van der Waals surface area contributed by atoms with Gasteiger partial charge in [-0.15, -0.1) is 0 Å². The number of nitrogens with one attached hydrogen (secondary N) is 1. The Morgan fingerprint density at radius 3 is 2.19 bits per heavy atom. The minimum absolute atomic E-state index is 0.0168. The second-order valence-electron chi connectivity index (χ2n) is 4.34. The van der Waals surface area contributed by atoms with E-state index >= 15 is 0 Å². The Morgan fingerprint density at radius 2 is 1.67 bits per heavy atom. The number of halogens is 4. The van der Waals surface area contributed by atoms with Gasteiger partial charge in [-0.25, -0.2) is 8.78 Å². The Kier molecular flexibility index (Phi) is 4.80. The predicted octanol–water partition coefficient (Wildman–Crippen LogP) is 3.88. The van der Waals surface area contributed by atoms with Gasteiger partial charge >= 0.3 is 6.61 Å². The van der Waals surface area contributed by atoms with Crippen LogP contribution >= 0.6 is 0 Å². The first-order valence-corrected chi connectivity index (χ1v) is 6.18. The molecule has 0 saturated carbocycles. The normalized spacial score (nSPS) is 12.5. The fourth-order valence-electron chi connectivity index (χ4n) is 2.08. The highest BCUT2D eigenvalue weighted by Gasteiger charge is 2.17.